The second-order valence-corrected chi connectivity index (χ2v) is 18.2. The molecule has 0 unspecified atom stereocenters. The molecule has 0 saturated heterocycles. The summed E-state index contributed by atoms with van der Waals surface area (Å²) in [5.74, 6) is 0. The van der Waals surface area contributed by atoms with E-state index in [1.54, 1.807) is 0 Å². The van der Waals surface area contributed by atoms with Gasteiger partial charge in [0.2, 0.25) is 0 Å². The molecule has 68 heavy (non-hydrogen) atoms. The monoisotopic (exact) mass is 868 g/mol. The number of aromatic nitrogens is 1. The molecule has 1 aromatic heterocycles. The minimum Gasteiger partial charge on any atom is -0.310 e. The number of benzene rings is 9. The highest BCUT2D eigenvalue weighted by atomic mass is 15.1. The highest BCUT2D eigenvalue weighted by molar-refractivity contribution is 6.11. The predicted molar refractivity (Wildman–Crippen MR) is 288 cm³/mol. The standard InChI is InChI=1S/C66H48N2/c1-4-17-45(18-5-1)50-25-16-26-51(41-50)47-31-34-53(35-32-47)67(56-38-40-64-61(43-56)59-28-14-15-30-63(59)68(64)54-36-33-46-19-10-11-24-52(46)42-54)55-37-39-58-57-27-12-13-29-60(57)66(62(58)44-55)65(48-20-6-2-7-21-48)49-22-8-3-9-23-49/h1-2,4-6,8,10-20,22-44H,3,7,9,21H2/b66-65+. The summed E-state index contributed by atoms with van der Waals surface area (Å²) in [4.78, 5) is 2.47. The molecule has 2 nitrogen and oxygen atoms in total. The normalized spacial score (nSPS) is 14.8. The summed E-state index contributed by atoms with van der Waals surface area (Å²) in [5.41, 5.74) is 22.3. The Bertz CT molecular complexity index is 3780. The molecule has 0 bridgehead atoms. The Morgan fingerprint density at radius 2 is 1.12 bits per heavy atom. The molecule has 0 N–H and O–H groups in total. The van der Waals surface area contributed by atoms with Gasteiger partial charge in [0.15, 0.2) is 0 Å². The second-order valence-electron chi connectivity index (χ2n) is 18.2. The lowest BCUT2D eigenvalue weighted by Crippen LogP contribution is -2.10. The van der Waals surface area contributed by atoms with Crippen molar-refractivity contribution in [2.75, 3.05) is 4.90 Å². The lowest BCUT2D eigenvalue weighted by molar-refractivity contribution is 0.964. The fraction of sp³-hybridized carbons (Fsp3) is 0.0606. The minimum absolute atomic E-state index is 1.03. The van der Waals surface area contributed by atoms with E-state index in [1.165, 1.54) is 99.4 Å². The fourth-order valence-electron chi connectivity index (χ4n) is 11.0. The third-order valence-corrected chi connectivity index (χ3v) is 14.2. The van der Waals surface area contributed by atoms with E-state index in [0.29, 0.717) is 0 Å². The van der Waals surface area contributed by atoms with Crippen molar-refractivity contribution in [1.82, 2.24) is 4.57 Å². The number of anilines is 3. The zero-order chi connectivity index (χ0) is 45.0. The van der Waals surface area contributed by atoms with Crippen molar-refractivity contribution in [3.05, 3.63) is 271 Å². The Hall–Kier alpha value is -8.46. The number of fused-ring (bicyclic) bond motifs is 7. The number of allylic oxidation sites excluding steroid dienone is 9. The summed E-state index contributed by atoms with van der Waals surface area (Å²) in [6, 6.07) is 76.3. The number of para-hydroxylation sites is 1. The fourth-order valence-corrected chi connectivity index (χ4v) is 11.0. The summed E-state index contributed by atoms with van der Waals surface area (Å²) >= 11 is 0. The van der Waals surface area contributed by atoms with Crippen molar-refractivity contribution in [3.8, 4) is 39.1 Å². The molecule has 0 saturated carbocycles. The molecule has 0 fully saturated rings. The van der Waals surface area contributed by atoms with Crippen molar-refractivity contribution in [2.24, 2.45) is 0 Å². The molecule has 2 heteroatoms. The average Bonchev–Trinajstić information content (AvgIpc) is 3.92. The van der Waals surface area contributed by atoms with Crippen molar-refractivity contribution >= 4 is 55.2 Å². The largest absolute Gasteiger partial charge is 0.310 e. The first kappa shape index (κ1) is 39.9. The van der Waals surface area contributed by atoms with Crippen LogP contribution in [-0.2, 0) is 0 Å². The zero-order valence-corrected chi connectivity index (χ0v) is 37.8. The van der Waals surface area contributed by atoms with Crippen LogP contribution in [0.15, 0.2) is 259 Å². The quantitative estimate of drug-likeness (QED) is 0.148. The van der Waals surface area contributed by atoms with E-state index < -0.39 is 0 Å². The Labute approximate surface area is 398 Å². The van der Waals surface area contributed by atoms with Gasteiger partial charge in [-0.1, -0.05) is 176 Å². The van der Waals surface area contributed by atoms with Crippen LogP contribution in [0.2, 0.25) is 0 Å². The second kappa shape index (κ2) is 16.8. The van der Waals surface area contributed by atoms with Crippen LogP contribution in [0.1, 0.15) is 36.8 Å². The summed E-state index contributed by atoms with van der Waals surface area (Å²) in [6.45, 7) is 0. The first-order valence-electron chi connectivity index (χ1n) is 24.0. The van der Waals surface area contributed by atoms with Gasteiger partial charge in [-0.3, -0.25) is 0 Å². The Kier molecular flexibility index (Phi) is 9.83. The maximum Gasteiger partial charge on any atom is 0.0542 e. The number of hydrogen-bond acceptors (Lipinski definition) is 1. The van der Waals surface area contributed by atoms with E-state index in [1.807, 2.05) is 0 Å². The molecule has 0 aliphatic heterocycles. The van der Waals surface area contributed by atoms with E-state index in [9.17, 15) is 0 Å². The van der Waals surface area contributed by atoms with Crippen molar-refractivity contribution in [3.63, 3.8) is 0 Å². The van der Waals surface area contributed by atoms with E-state index in [-0.39, 0.29) is 0 Å². The van der Waals surface area contributed by atoms with Crippen molar-refractivity contribution in [1.29, 1.82) is 0 Å². The van der Waals surface area contributed by atoms with Crippen LogP contribution in [0.25, 0.3) is 77.2 Å². The van der Waals surface area contributed by atoms with E-state index in [4.69, 9.17) is 0 Å². The first-order chi connectivity index (χ1) is 33.7. The molecule has 3 aliphatic carbocycles. The molecular formula is C66H48N2. The van der Waals surface area contributed by atoms with Crippen LogP contribution < -0.4 is 4.90 Å². The third kappa shape index (κ3) is 6.88. The van der Waals surface area contributed by atoms with Crippen LogP contribution >= 0.6 is 0 Å². The lowest BCUT2D eigenvalue weighted by Gasteiger charge is -2.27. The Morgan fingerprint density at radius 1 is 0.426 bits per heavy atom. The van der Waals surface area contributed by atoms with Gasteiger partial charge in [-0.15, -0.1) is 0 Å². The molecule has 0 amide bonds. The smallest absolute Gasteiger partial charge is 0.0542 e. The molecule has 1 heterocycles. The van der Waals surface area contributed by atoms with Gasteiger partial charge in [0.05, 0.1) is 11.0 Å². The van der Waals surface area contributed by atoms with E-state index in [2.05, 4.69) is 252 Å². The van der Waals surface area contributed by atoms with Crippen LogP contribution in [0.4, 0.5) is 17.1 Å². The highest BCUT2D eigenvalue weighted by Crippen LogP contribution is 2.52. The number of rotatable bonds is 8. The predicted octanol–water partition coefficient (Wildman–Crippen LogP) is 18.1. The van der Waals surface area contributed by atoms with Crippen LogP contribution in [0.5, 0.6) is 0 Å². The summed E-state index contributed by atoms with van der Waals surface area (Å²) in [6.07, 6.45) is 18.3. The zero-order valence-electron chi connectivity index (χ0n) is 37.8. The molecule has 9 aromatic carbocycles. The molecule has 0 spiro atoms. The van der Waals surface area contributed by atoms with Gasteiger partial charge in [0.25, 0.3) is 0 Å². The van der Waals surface area contributed by atoms with Gasteiger partial charge in [-0.2, -0.15) is 0 Å². The molecule has 3 aliphatic rings. The lowest BCUT2D eigenvalue weighted by atomic mass is 9.83. The van der Waals surface area contributed by atoms with Gasteiger partial charge < -0.3 is 9.47 Å². The van der Waals surface area contributed by atoms with Gasteiger partial charge >= 0.3 is 0 Å². The van der Waals surface area contributed by atoms with Crippen molar-refractivity contribution < 1.29 is 0 Å². The molecule has 0 radical (unpaired) electrons. The Balaban J connectivity index is 1.01. The van der Waals surface area contributed by atoms with E-state index >= 15 is 0 Å². The topological polar surface area (TPSA) is 8.17 Å². The molecule has 10 aromatic rings. The SMILES string of the molecule is C1=CCCC(/C(C2=CCCC=C2)=C2/c3ccccc3-c3ccc(N(c4ccc(-c5cccc(-c6ccccc6)c5)cc4)c4ccc5c(c4)c4ccccc4n5-c4ccc5ccccc5c4)cc32)=C1. The van der Waals surface area contributed by atoms with Gasteiger partial charge in [0.1, 0.15) is 0 Å². The molecular weight excluding hydrogens is 821 g/mol. The molecule has 13 rings (SSSR count). The van der Waals surface area contributed by atoms with Crippen LogP contribution in [0, 0.1) is 0 Å². The summed E-state index contributed by atoms with van der Waals surface area (Å²) in [5, 5.41) is 4.92. The third-order valence-electron chi connectivity index (χ3n) is 14.2. The van der Waals surface area contributed by atoms with Gasteiger partial charge in [-0.25, -0.2) is 0 Å². The van der Waals surface area contributed by atoms with Crippen LogP contribution in [0.3, 0.4) is 0 Å². The summed E-state index contributed by atoms with van der Waals surface area (Å²) < 4.78 is 2.43. The van der Waals surface area contributed by atoms with Crippen LogP contribution in [-0.4, -0.2) is 4.57 Å². The number of hydrogen-bond donors (Lipinski definition) is 0. The first-order valence-corrected chi connectivity index (χ1v) is 24.0. The average molecular weight is 869 g/mol. The Morgan fingerprint density at radius 3 is 1.94 bits per heavy atom. The highest BCUT2D eigenvalue weighted by Gasteiger charge is 2.30. The van der Waals surface area contributed by atoms with Gasteiger partial charge in [-0.05, 0) is 170 Å². The number of nitrogens with zero attached hydrogens (tertiary/aromatic N) is 2. The maximum atomic E-state index is 2.47. The van der Waals surface area contributed by atoms with Crippen molar-refractivity contribution in [2.45, 2.75) is 25.7 Å². The molecule has 322 valence electrons. The minimum atomic E-state index is 1.03. The van der Waals surface area contributed by atoms with E-state index in [0.717, 1.165) is 48.4 Å². The van der Waals surface area contributed by atoms with Gasteiger partial charge in [0, 0.05) is 33.5 Å². The maximum absolute atomic E-state index is 2.47. The molecule has 0 atom stereocenters. The summed E-state index contributed by atoms with van der Waals surface area (Å²) in [7, 11) is 0.